The van der Waals surface area contributed by atoms with Crippen LogP contribution in [0, 0.1) is 13.8 Å². The lowest BCUT2D eigenvalue weighted by molar-refractivity contribution is -0.113. The molecule has 1 aliphatic rings. The lowest BCUT2D eigenvalue weighted by Gasteiger charge is -2.28. The Balaban J connectivity index is 1.50. The highest BCUT2D eigenvalue weighted by Crippen LogP contribution is 2.39. The molecule has 5 rings (SSSR count). The fourth-order valence-corrected chi connectivity index (χ4v) is 5.01. The molecule has 2 N–H and O–H groups in total. The number of rotatable bonds is 8. The highest BCUT2D eigenvalue weighted by atomic mass is 79.9. The van der Waals surface area contributed by atoms with Gasteiger partial charge in [-0.05, 0) is 90.7 Å². The second kappa shape index (κ2) is 11.3. The summed E-state index contributed by atoms with van der Waals surface area (Å²) in [5.41, 5.74) is 5.84. The number of ether oxygens (including phenoxy) is 2. The SMILES string of the molecule is CCOc1cc(C2C(C(=O)Nc3cccc(C)c3C)=C(C)Nc3nnnn32)ccc1OCc1cccc(Br)c1. The number of carbonyl (C=O) groups excluding carboxylic acids is 1. The van der Waals surface area contributed by atoms with Gasteiger partial charge < -0.3 is 20.1 Å². The summed E-state index contributed by atoms with van der Waals surface area (Å²) in [6.07, 6.45) is 0. The predicted octanol–water partition coefficient (Wildman–Crippen LogP) is 5.96. The first kappa shape index (κ1) is 26.4. The van der Waals surface area contributed by atoms with Crippen LogP contribution in [0.4, 0.5) is 11.6 Å². The maximum atomic E-state index is 13.8. The highest BCUT2D eigenvalue weighted by molar-refractivity contribution is 9.10. The fraction of sp³-hybridized carbons (Fsp3) is 0.241. The molecule has 0 bridgehead atoms. The average Bonchev–Trinajstić information content (AvgIpc) is 3.38. The van der Waals surface area contributed by atoms with E-state index >= 15 is 0 Å². The number of amides is 1. The Kier molecular flexibility index (Phi) is 7.65. The van der Waals surface area contributed by atoms with E-state index in [1.807, 2.05) is 88.4 Å². The molecule has 2 heterocycles. The number of allylic oxidation sites excluding steroid dienone is 1. The third kappa shape index (κ3) is 5.51. The van der Waals surface area contributed by atoms with Crippen molar-refractivity contribution in [3.05, 3.63) is 98.7 Å². The molecule has 9 nitrogen and oxygen atoms in total. The van der Waals surface area contributed by atoms with Crippen LogP contribution >= 0.6 is 15.9 Å². The summed E-state index contributed by atoms with van der Waals surface area (Å²) in [5, 5.41) is 18.4. The van der Waals surface area contributed by atoms with Gasteiger partial charge in [-0.25, -0.2) is 0 Å². The molecular weight excluding hydrogens is 560 g/mol. The normalized spacial score (nSPS) is 14.4. The fourth-order valence-electron chi connectivity index (χ4n) is 4.56. The average molecular weight is 589 g/mol. The minimum atomic E-state index is -0.584. The van der Waals surface area contributed by atoms with Gasteiger partial charge in [-0.15, -0.1) is 0 Å². The van der Waals surface area contributed by atoms with Crippen LogP contribution < -0.4 is 20.1 Å². The van der Waals surface area contributed by atoms with Gasteiger partial charge in [-0.2, -0.15) is 4.68 Å². The van der Waals surface area contributed by atoms with Crippen LogP contribution in [0.15, 0.2) is 76.4 Å². The predicted molar refractivity (Wildman–Crippen MR) is 153 cm³/mol. The van der Waals surface area contributed by atoms with Gasteiger partial charge in [0.2, 0.25) is 5.95 Å². The molecule has 4 aromatic rings. The van der Waals surface area contributed by atoms with Gasteiger partial charge in [0.05, 0.1) is 12.2 Å². The second-order valence-electron chi connectivity index (χ2n) is 9.27. The molecule has 0 saturated carbocycles. The van der Waals surface area contributed by atoms with Gasteiger partial charge in [0.15, 0.2) is 11.5 Å². The summed E-state index contributed by atoms with van der Waals surface area (Å²) in [5.74, 6) is 1.39. The minimum Gasteiger partial charge on any atom is -0.490 e. The zero-order valence-corrected chi connectivity index (χ0v) is 23.7. The van der Waals surface area contributed by atoms with Crippen molar-refractivity contribution in [3.63, 3.8) is 0 Å². The Labute approximate surface area is 235 Å². The monoisotopic (exact) mass is 588 g/mol. The molecule has 0 spiro atoms. The lowest BCUT2D eigenvalue weighted by atomic mass is 9.94. The number of anilines is 2. The topological polar surface area (TPSA) is 103 Å². The molecule has 0 radical (unpaired) electrons. The maximum Gasteiger partial charge on any atom is 0.255 e. The number of benzene rings is 3. The molecule has 1 atom stereocenters. The Morgan fingerprint density at radius 2 is 1.87 bits per heavy atom. The van der Waals surface area contributed by atoms with Crippen LogP contribution in [0.3, 0.4) is 0 Å². The van der Waals surface area contributed by atoms with Crippen molar-refractivity contribution in [1.82, 2.24) is 20.2 Å². The number of aromatic nitrogens is 4. The molecule has 1 amide bonds. The third-order valence-electron chi connectivity index (χ3n) is 6.68. The molecule has 10 heteroatoms. The zero-order valence-electron chi connectivity index (χ0n) is 22.2. The smallest absolute Gasteiger partial charge is 0.255 e. The van der Waals surface area contributed by atoms with E-state index in [-0.39, 0.29) is 5.91 Å². The van der Waals surface area contributed by atoms with Crippen LogP contribution in [0.2, 0.25) is 0 Å². The van der Waals surface area contributed by atoms with Crippen LogP contribution in [0.25, 0.3) is 0 Å². The summed E-state index contributed by atoms with van der Waals surface area (Å²) in [4.78, 5) is 13.8. The van der Waals surface area contributed by atoms with E-state index in [4.69, 9.17) is 9.47 Å². The first-order chi connectivity index (χ1) is 18.9. The molecule has 3 aromatic carbocycles. The molecule has 1 aromatic heterocycles. The molecule has 39 heavy (non-hydrogen) atoms. The van der Waals surface area contributed by atoms with E-state index < -0.39 is 6.04 Å². The van der Waals surface area contributed by atoms with Crippen LogP contribution in [-0.2, 0) is 11.4 Å². The Morgan fingerprint density at radius 3 is 2.67 bits per heavy atom. The maximum absolute atomic E-state index is 13.8. The number of hydrogen-bond donors (Lipinski definition) is 2. The summed E-state index contributed by atoms with van der Waals surface area (Å²) >= 11 is 3.50. The lowest BCUT2D eigenvalue weighted by Crippen LogP contribution is -2.31. The standard InChI is InChI=1S/C29H29BrN6O3/c1-5-38-25-15-21(12-13-24(25)39-16-20-9-7-10-22(30)14-20)27-26(19(4)31-29-33-34-35-36(27)29)28(37)32-23-11-6-8-17(2)18(23)3/h6-15,27H,5,16H2,1-4H3,(H,32,37)(H,31,33,35). The number of fused-ring (bicyclic) bond motifs is 1. The number of hydrogen-bond acceptors (Lipinski definition) is 7. The van der Waals surface area contributed by atoms with Gasteiger partial charge >= 0.3 is 0 Å². The molecule has 1 unspecified atom stereocenters. The van der Waals surface area contributed by atoms with Crippen molar-refractivity contribution in [2.24, 2.45) is 0 Å². The van der Waals surface area contributed by atoms with Crippen molar-refractivity contribution in [2.75, 3.05) is 17.2 Å². The van der Waals surface area contributed by atoms with Crippen LogP contribution in [-0.4, -0.2) is 32.7 Å². The number of halogens is 1. The van der Waals surface area contributed by atoms with Gasteiger partial charge in [0.25, 0.3) is 5.91 Å². The third-order valence-corrected chi connectivity index (χ3v) is 7.17. The van der Waals surface area contributed by atoms with Crippen LogP contribution in [0.5, 0.6) is 11.5 Å². The molecule has 200 valence electrons. The molecule has 0 fully saturated rings. The summed E-state index contributed by atoms with van der Waals surface area (Å²) in [7, 11) is 0. The minimum absolute atomic E-state index is 0.243. The summed E-state index contributed by atoms with van der Waals surface area (Å²) in [6, 6.07) is 18.9. The Bertz CT molecular complexity index is 1560. The quantitative estimate of drug-likeness (QED) is 0.262. The first-order valence-electron chi connectivity index (χ1n) is 12.6. The molecule has 1 aliphatic heterocycles. The summed E-state index contributed by atoms with van der Waals surface area (Å²) in [6.45, 7) is 8.61. The van der Waals surface area contributed by atoms with Crippen molar-refractivity contribution < 1.29 is 14.3 Å². The second-order valence-corrected chi connectivity index (χ2v) is 10.2. The van der Waals surface area contributed by atoms with E-state index in [1.165, 1.54) is 0 Å². The van der Waals surface area contributed by atoms with Gasteiger partial charge in [0, 0.05) is 15.9 Å². The Morgan fingerprint density at radius 1 is 1.05 bits per heavy atom. The van der Waals surface area contributed by atoms with E-state index in [0.29, 0.717) is 41.9 Å². The molecular formula is C29H29BrN6O3. The van der Waals surface area contributed by atoms with Crippen molar-refractivity contribution in [1.29, 1.82) is 0 Å². The van der Waals surface area contributed by atoms with Gasteiger partial charge in [-0.1, -0.05) is 51.4 Å². The van der Waals surface area contributed by atoms with E-state index in [2.05, 4.69) is 42.1 Å². The van der Waals surface area contributed by atoms with Crippen LogP contribution in [0.1, 0.15) is 42.1 Å². The first-order valence-corrected chi connectivity index (χ1v) is 13.4. The molecule has 0 aliphatic carbocycles. The van der Waals surface area contributed by atoms with Gasteiger partial charge in [-0.3, -0.25) is 4.79 Å². The number of aryl methyl sites for hydroxylation is 1. The van der Waals surface area contributed by atoms with E-state index in [9.17, 15) is 4.79 Å². The van der Waals surface area contributed by atoms with E-state index in [0.717, 1.165) is 32.4 Å². The largest absolute Gasteiger partial charge is 0.490 e. The van der Waals surface area contributed by atoms with Crippen molar-refractivity contribution in [3.8, 4) is 11.5 Å². The highest BCUT2D eigenvalue weighted by Gasteiger charge is 2.34. The van der Waals surface area contributed by atoms with Crippen molar-refractivity contribution >= 4 is 33.5 Å². The zero-order chi connectivity index (χ0) is 27.5. The number of carbonyl (C=O) groups is 1. The Hall–Kier alpha value is -4.18. The molecule has 0 saturated heterocycles. The number of nitrogens with one attached hydrogen (secondary N) is 2. The number of nitrogens with zero attached hydrogens (tertiary/aromatic N) is 4. The van der Waals surface area contributed by atoms with Gasteiger partial charge in [0.1, 0.15) is 12.6 Å². The van der Waals surface area contributed by atoms with E-state index in [1.54, 1.807) is 4.68 Å². The summed E-state index contributed by atoms with van der Waals surface area (Å²) < 4.78 is 14.7. The van der Waals surface area contributed by atoms with Crippen molar-refractivity contribution in [2.45, 2.75) is 40.3 Å². The number of tetrazole rings is 1.